The minimum Gasteiger partial charge on any atom is -0.311 e. The molecule has 0 atom stereocenters. The summed E-state index contributed by atoms with van der Waals surface area (Å²) in [4.78, 5) is 12.6. The summed E-state index contributed by atoms with van der Waals surface area (Å²) in [5.41, 5.74) is 15.2. The molecule has 7 aromatic rings. The third-order valence-electron chi connectivity index (χ3n) is 11.1. The third-order valence-corrected chi connectivity index (χ3v) is 14.1. The number of nitrogens with zero attached hydrogens (tertiary/aromatic N) is 2. The highest BCUT2D eigenvalue weighted by atomic mass is 32.2. The van der Waals surface area contributed by atoms with E-state index in [9.17, 15) is 0 Å². The Morgan fingerprint density at radius 2 is 0.923 bits per heavy atom. The molecule has 4 heterocycles. The second kappa shape index (κ2) is 11.4. The SMILES string of the molecule is Cc1cc2c3c(c1)N1c4cccc(c4)Sc4cccc(c4)C(C)(C)c4ccc(c1c4)B3c1ccc3cc1N2c1cccc(c1)Sc1cccc(c1)S3. The lowest BCUT2D eigenvalue weighted by Crippen LogP contribution is -2.61. The molecule has 0 N–H and O–H groups in total. The van der Waals surface area contributed by atoms with Crippen LogP contribution in [0.4, 0.5) is 34.1 Å². The van der Waals surface area contributed by atoms with Crippen molar-refractivity contribution in [2.24, 2.45) is 0 Å². The van der Waals surface area contributed by atoms with Crippen LogP contribution in [0.1, 0.15) is 30.5 Å². The fourth-order valence-corrected chi connectivity index (χ4v) is 11.5. The van der Waals surface area contributed by atoms with Gasteiger partial charge in [-0.05, 0) is 137 Å². The summed E-state index contributed by atoms with van der Waals surface area (Å²) in [5, 5.41) is 0. The van der Waals surface area contributed by atoms with Gasteiger partial charge in [0.1, 0.15) is 0 Å². The van der Waals surface area contributed by atoms with Crippen LogP contribution < -0.4 is 26.2 Å². The van der Waals surface area contributed by atoms with Crippen LogP contribution in [0.15, 0.2) is 175 Å². The van der Waals surface area contributed by atoms with Crippen molar-refractivity contribution in [1.82, 2.24) is 0 Å². The molecule has 0 aliphatic carbocycles. The van der Waals surface area contributed by atoms with Crippen LogP contribution in [-0.2, 0) is 5.41 Å². The van der Waals surface area contributed by atoms with Gasteiger partial charge in [-0.2, -0.15) is 0 Å². The van der Waals surface area contributed by atoms with Crippen molar-refractivity contribution in [3.63, 3.8) is 0 Å². The molecule has 4 aliphatic heterocycles. The van der Waals surface area contributed by atoms with Gasteiger partial charge in [-0.15, -0.1) is 0 Å². The molecule has 0 amide bonds. The first kappa shape index (κ1) is 30.8. The van der Waals surface area contributed by atoms with Crippen molar-refractivity contribution in [3.8, 4) is 0 Å². The maximum Gasteiger partial charge on any atom is 0.252 e. The molecule has 12 bridgehead atoms. The minimum atomic E-state index is -0.180. The predicted molar refractivity (Wildman–Crippen MR) is 223 cm³/mol. The Hall–Kier alpha value is -4.75. The van der Waals surface area contributed by atoms with E-state index in [4.69, 9.17) is 0 Å². The molecule has 0 aromatic heterocycles. The van der Waals surface area contributed by atoms with E-state index in [1.54, 1.807) is 0 Å². The summed E-state index contributed by atoms with van der Waals surface area (Å²) < 4.78 is 0. The van der Waals surface area contributed by atoms with Gasteiger partial charge >= 0.3 is 0 Å². The van der Waals surface area contributed by atoms with Crippen LogP contribution in [0.2, 0.25) is 0 Å². The Morgan fingerprint density at radius 3 is 1.56 bits per heavy atom. The highest BCUT2D eigenvalue weighted by Gasteiger charge is 2.44. The molecule has 6 heteroatoms. The standard InChI is InChI=1S/C46H33BN2S3/c1-28-20-43-45-44(21-28)49-32-10-6-13-35(25-32)51-36-14-7-15-37(26-36)52-38-17-19-40(42(49)27-38)47(45)39-18-16-30-23-41(39)48(43)31-9-5-12-34(24-31)50-33-11-4-8-29(22-33)46(30,2)3/h4-27H,1-3H3. The fraction of sp³-hybridized carbons (Fsp3) is 0.0870. The zero-order valence-electron chi connectivity index (χ0n) is 29.1. The van der Waals surface area contributed by atoms with E-state index in [-0.39, 0.29) is 12.1 Å². The Balaban J connectivity index is 1.22. The van der Waals surface area contributed by atoms with Gasteiger partial charge in [-0.1, -0.05) is 97.7 Å². The second-order valence-corrected chi connectivity index (χ2v) is 18.2. The van der Waals surface area contributed by atoms with Crippen LogP contribution in [0.25, 0.3) is 0 Å². The van der Waals surface area contributed by atoms with Gasteiger partial charge in [0, 0.05) is 68.9 Å². The van der Waals surface area contributed by atoms with Crippen LogP contribution in [-0.4, -0.2) is 6.71 Å². The average molecular weight is 721 g/mol. The van der Waals surface area contributed by atoms with Gasteiger partial charge in [-0.25, -0.2) is 0 Å². The number of hydrogen-bond acceptors (Lipinski definition) is 5. The molecule has 2 nitrogen and oxygen atoms in total. The number of hydrogen-bond donors (Lipinski definition) is 0. The maximum atomic E-state index is 2.56. The molecular weight excluding hydrogens is 688 g/mol. The number of benzene rings is 7. The Kier molecular flexibility index (Phi) is 6.75. The first-order valence-corrected chi connectivity index (χ1v) is 20.3. The van der Waals surface area contributed by atoms with Crippen molar-refractivity contribution in [3.05, 3.63) is 162 Å². The molecule has 4 aliphatic rings. The maximum absolute atomic E-state index is 2.56. The summed E-state index contributed by atoms with van der Waals surface area (Å²) in [6.07, 6.45) is 0. The van der Waals surface area contributed by atoms with E-state index in [0.29, 0.717) is 0 Å². The molecule has 52 heavy (non-hydrogen) atoms. The van der Waals surface area contributed by atoms with E-state index in [2.05, 4.69) is 176 Å². The molecule has 0 saturated carbocycles. The van der Waals surface area contributed by atoms with Crippen molar-refractivity contribution < 1.29 is 0 Å². The second-order valence-electron chi connectivity index (χ2n) is 14.7. The topological polar surface area (TPSA) is 6.48 Å². The summed E-state index contributed by atoms with van der Waals surface area (Å²) in [7, 11) is 0. The van der Waals surface area contributed by atoms with Crippen LogP contribution in [0.5, 0.6) is 0 Å². The molecule has 0 spiro atoms. The van der Waals surface area contributed by atoms with Gasteiger partial charge in [-0.3, -0.25) is 0 Å². The van der Waals surface area contributed by atoms with Crippen molar-refractivity contribution >= 4 is 92.5 Å². The molecule has 0 saturated heterocycles. The summed E-state index contributed by atoms with van der Waals surface area (Å²) >= 11 is 5.53. The normalized spacial score (nSPS) is 15.4. The average Bonchev–Trinajstić information content (AvgIpc) is 3.14. The van der Waals surface area contributed by atoms with Crippen LogP contribution >= 0.6 is 35.3 Å². The number of aryl methyl sites for hydroxylation is 1. The smallest absolute Gasteiger partial charge is 0.252 e. The van der Waals surface area contributed by atoms with Gasteiger partial charge in [0.2, 0.25) is 0 Å². The quantitative estimate of drug-likeness (QED) is 0.144. The summed E-state index contributed by atoms with van der Waals surface area (Å²) in [6.45, 7) is 7.09. The lowest BCUT2D eigenvalue weighted by Gasteiger charge is -2.45. The minimum absolute atomic E-state index is 0.0851. The molecule has 0 unspecified atom stereocenters. The Labute approximate surface area is 318 Å². The fourth-order valence-electron chi connectivity index (χ4n) is 8.61. The van der Waals surface area contributed by atoms with E-state index >= 15 is 0 Å². The van der Waals surface area contributed by atoms with Gasteiger partial charge in [0.15, 0.2) is 0 Å². The Bertz CT molecular complexity index is 2650. The van der Waals surface area contributed by atoms with E-state index in [1.165, 1.54) is 96.6 Å². The van der Waals surface area contributed by atoms with Gasteiger partial charge in [0.25, 0.3) is 6.71 Å². The van der Waals surface area contributed by atoms with E-state index in [1.807, 2.05) is 35.3 Å². The molecule has 11 rings (SSSR count). The lowest BCUT2D eigenvalue weighted by molar-refractivity contribution is 0.639. The van der Waals surface area contributed by atoms with Crippen LogP contribution in [0, 0.1) is 6.92 Å². The number of fused-ring (bicyclic) bond motifs is 16. The van der Waals surface area contributed by atoms with Gasteiger partial charge < -0.3 is 9.80 Å². The first-order valence-electron chi connectivity index (χ1n) is 17.8. The zero-order chi connectivity index (χ0) is 34.7. The first-order chi connectivity index (χ1) is 25.4. The molecule has 7 aromatic carbocycles. The van der Waals surface area contributed by atoms with Crippen LogP contribution in [0.3, 0.4) is 0 Å². The summed E-state index contributed by atoms with van der Waals surface area (Å²) in [6, 6.07) is 55.7. The molecule has 0 fully saturated rings. The third kappa shape index (κ3) is 4.70. The number of rotatable bonds is 0. The van der Waals surface area contributed by atoms with Gasteiger partial charge in [0.05, 0.1) is 0 Å². The largest absolute Gasteiger partial charge is 0.311 e. The zero-order valence-corrected chi connectivity index (χ0v) is 31.5. The predicted octanol–water partition coefficient (Wildman–Crippen LogP) is 11.5. The lowest BCUT2D eigenvalue weighted by atomic mass is 9.33. The molecular formula is C46H33BN2S3. The number of anilines is 6. The highest BCUT2D eigenvalue weighted by molar-refractivity contribution is 8.00. The molecule has 0 radical (unpaired) electrons. The highest BCUT2D eigenvalue weighted by Crippen LogP contribution is 2.48. The van der Waals surface area contributed by atoms with E-state index in [0.717, 1.165) is 0 Å². The van der Waals surface area contributed by atoms with Crippen molar-refractivity contribution in [1.29, 1.82) is 0 Å². The summed E-state index contributed by atoms with van der Waals surface area (Å²) in [5.74, 6) is 0. The monoisotopic (exact) mass is 720 g/mol. The Morgan fingerprint density at radius 1 is 0.442 bits per heavy atom. The molecule has 248 valence electrons. The van der Waals surface area contributed by atoms with Crippen molar-refractivity contribution in [2.45, 2.75) is 55.6 Å². The van der Waals surface area contributed by atoms with E-state index < -0.39 is 0 Å². The van der Waals surface area contributed by atoms with Crippen molar-refractivity contribution in [2.75, 3.05) is 9.80 Å².